The molecule has 22 heavy (non-hydrogen) atoms. The second kappa shape index (κ2) is 4.90. The largest absolute Gasteiger partial charge is 0.461 e. The minimum Gasteiger partial charge on any atom is -0.461 e. The van der Waals surface area contributed by atoms with Gasteiger partial charge in [0.15, 0.2) is 5.78 Å². The second-order valence-electron chi connectivity index (χ2n) is 7.59. The second-order valence-corrected chi connectivity index (χ2v) is 7.59. The Morgan fingerprint density at radius 1 is 1.36 bits per heavy atom. The van der Waals surface area contributed by atoms with Crippen molar-refractivity contribution in [2.75, 3.05) is 20.6 Å². The first kappa shape index (κ1) is 15.7. The molecule has 0 radical (unpaired) electrons. The molecule has 0 bridgehead atoms. The molecule has 0 aromatic carbocycles. The number of aliphatic hydroxyl groups is 1. The van der Waals surface area contributed by atoms with Crippen molar-refractivity contribution < 1.29 is 19.4 Å². The summed E-state index contributed by atoms with van der Waals surface area (Å²) in [7, 11) is 3.86. The Morgan fingerprint density at radius 3 is 2.68 bits per heavy atom. The highest BCUT2D eigenvalue weighted by molar-refractivity contribution is 6.00. The van der Waals surface area contributed by atoms with Gasteiger partial charge in [-0.25, -0.2) is 0 Å². The van der Waals surface area contributed by atoms with Crippen LogP contribution in [0.4, 0.5) is 0 Å². The average Bonchev–Trinajstić information content (AvgIpc) is 2.85. The fraction of sp³-hybridized carbons (Fsp3) is 0.765. The van der Waals surface area contributed by atoms with E-state index in [1.165, 1.54) is 6.08 Å². The van der Waals surface area contributed by atoms with Gasteiger partial charge in [0, 0.05) is 12.5 Å². The fourth-order valence-corrected chi connectivity index (χ4v) is 4.64. The van der Waals surface area contributed by atoms with E-state index in [-0.39, 0.29) is 29.5 Å². The molecule has 0 aromatic rings. The summed E-state index contributed by atoms with van der Waals surface area (Å²) in [5.74, 6) is -0.636. The third-order valence-corrected chi connectivity index (χ3v) is 6.10. The minimum atomic E-state index is -1.23. The molecule has 6 atom stereocenters. The number of ketones is 1. The number of hydrogen-bond acceptors (Lipinski definition) is 5. The summed E-state index contributed by atoms with van der Waals surface area (Å²) in [6.45, 7) is 4.36. The summed E-state index contributed by atoms with van der Waals surface area (Å²) >= 11 is 0. The monoisotopic (exact) mass is 307 g/mol. The lowest BCUT2D eigenvalue weighted by Gasteiger charge is -2.43. The summed E-state index contributed by atoms with van der Waals surface area (Å²) in [4.78, 5) is 26.9. The van der Waals surface area contributed by atoms with Crippen LogP contribution in [0.1, 0.15) is 26.7 Å². The van der Waals surface area contributed by atoms with Gasteiger partial charge in [0.1, 0.15) is 11.7 Å². The number of carbonyl (C=O) groups is 2. The van der Waals surface area contributed by atoms with Crippen LogP contribution in [0.15, 0.2) is 12.2 Å². The van der Waals surface area contributed by atoms with Crippen LogP contribution in [0, 0.1) is 23.2 Å². The van der Waals surface area contributed by atoms with Gasteiger partial charge in [-0.2, -0.15) is 0 Å². The maximum atomic E-state index is 12.6. The van der Waals surface area contributed by atoms with Crippen LogP contribution in [0.25, 0.3) is 0 Å². The van der Waals surface area contributed by atoms with Crippen LogP contribution in [0.5, 0.6) is 0 Å². The maximum absolute atomic E-state index is 12.6. The van der Waals surface area contributed by atoms with E-state index in [1.54, 1.807) is 13.0 Å². The molecular weight excluding hydrogens is 282 g/mol. The number of allylic oxidation sites excluding steroid dienone is 1. The number of rotatable bonds is 2. The zero-order chi connectivity index (χ0) is 16.3. The normalized spacial score (nSPS) is 47.4. The average molecular weight is 307 g/mol. The van der Waals surface area contributed by atoms with Crippen LogP contribution in [0.2, 0.25) is 0 Å². The Kier molecular flexibility index (Phi) is 3.49. The summed E-state index contributed by atoms with van der Waals surface area (Å²) in [5.41, 5.74) is -2.29. The molecule has 1 saturated heterocycles. The van der Waals surface area contributed by atoms with Crippen molar-refractivity contribution in [1.82, 2.24) is 4.90 Å². The van der Waals surface area contributed by atoms with E-state index in [0.717, 1.165) is 12.8 Å². The number of ether oxygens (including phenoxy) is 1. The molecule has 0 amide bonds. The quantitative estimate of drug-likeness (QED) is 0.771. The van der Waals surface area contributed by atoms with Gasteiger partial charge in [0.25, 0.3) is 0 Å². The van der Waals surface area contributed by atoms with Gasteiger partial charge >= 0.3 is 5.97 Å². The molecule has 0 aromatic heterocycles. The van der Waals surface area contributed by atoms with E-state index in [2.05, 4.69) is 0 Å². The van der Waals surface area contributed by atoms with Crippen LogP contribution >= 0.6 is 0 Å². The first-order valence-electron chi connectivity index (χ1n) is 8.03. The third kappa shape index (κ3) is 1.85. The van der Waals surface area contributed by atoms with Gasteiger partial charge in [-0.15, -0.1) is 0 Å². The maximum Gasteiger partial charge on any atom is 0.310 e. The highest BCUT2D eigenvalue weighted by Gasteiger charge is 2.67. The molecule has 5 nitrogen and oxygen atoms in total. The molecule has 3 rings (SSSR count). The molecule has 1 N–H and O–H groups in total. The zero-order valence-corrected chi connectivity index (χ0v) is 13.7. The van der Waals surface area contributed by atoms with Gasteiger partial charge in [0.2, 0.25) is 0 Å². The van der Waals surface area contributed by atoms with Crippen LogP contribution < -0.4 is 0 Å². The number of carbonyl (C=O) groups excluding carboxylic acids is 2. The number of esters is 1. The standard InChI is InChI=1S/C17H25NO4/c1-10-5-6-11-12(9-18(3)4)15(20)22-14(11)16(2)13(19)7-8-17(10,16)21/h7-8,10-12,14,21H,5-6,9H2,1-4H3. The molecule has 2 fully saturated rings. The Labute approximate surface area is 131 Å². The Balaban J connectivity index is 2.03. The molecule has 122 valence electrons. The van der Waals surface area contributed by atoms with Crippen molar-refractivity contribution >= 4 is 11.8 Å². The first-order valence-corrected chi connectivity index (χ1v) is 8.03. The molecular formula is C17H25NO4. The van der Waals surface area contributed by atoms with Crippen molar-refractivity contribution in [2.45, 2.75) is 38.4 Å². The molecule has 6 unspecified atom stereocenters. The lowest BCUT2D eigenvalue weighted by Crippen LogP contribution is -2.56. The lowest BCUT2D eigenvalue weighted by atomic mass is 9.64. The first-order chi connectivity index (χ1) is 10.2. The topological polar surface area (TPSA) is 66.8 Å². The fourth-order valence-electron chi connectivity index (χ4n) is 4.64. The molecule has 3 aliphatic rings. The Hall–Kier alpha value is -1.20. The van der Waals surface area contributed by atoms with Gasteiger partial charge in [-0.05, 0) is 51.9 Å². The van der Waals surface area contributed by atoms with E-state index >= 15 is 0 Å². The van der Waals surface area contributed by atoms with Crippen molar-refractivity contribution in [2.24, 2.45) is 23.2 Å². The van der Waals surface area contributed by atoms with Crippen molar-refractivity contribution in [3.05, 3.63) is 12.2 Å². The number of hydrogen-bond donors (Lipinski definition) is 1. The van der Waals surface area contributed by atoms with Gasteiger partial charge in [-0.1, -0.05) is 6.92 Å². The summed E-state index contributed by atoms with van der Waals surface area (Å²) in [6, 6.07) is 0. The molecule has 2 aliphatic carbocycles. The van der Waals surface area contributed by atoms with E-state index in [4.69, 9.17) is 4.74 Å². The van der Waals surface area contributed by atoms with E-state index in [0.29, 0.717) is 6.54 Å². The Morgan fingerprint density at radius 2 is 2.05 bits per heavy atom. The molecule has 5 heteroatoms. The Bertz CT molecular complexity index is 543. The molecule has 0 spiro atoms. The number of fused-ring (bicyclic) bond motifs is 3. The highest BCUT2D eigenvalue weighted by Crippen LogP contribution is 2.56. The van der Waals surface area contributed by atoms with Gasteiger partial charge < -0.3 is 14.7 Å². The van der Waals surface area contributed by atoms with Gasteiger partial charge in [0.05, 0.1) is 11.3 Å². The lowest BCUT2D eigenvalue weighted by molar-refractivity contribution is -0.166. The van der Waals surface area contributed by atoms with E-state index in [1.807, 2.05) is 25.9 Å². The van der Waals surface area contributed by atoms with Gasteiger partial charge in [-0.3, -0.25) is 9.59 Å². The van der Waals surface area contributed by atoms with Crippen molar-refractivity contribution in [3.8, 4) is 0 Å². The number of nitrogens with zero attached hydrogens (tertiary/aromatic N) is 1. The summed E-state index contributed by atoms with van der Waals surface area (Å²) < 4.78 is 5.67. The zero-order valence-electron chi connectivity index (χ0n) is 13.7. The summed E-state index contributed by atoms with van der Waals surface area (Å²) in [5, 5.41) is 11.2. The highest BCUT2D eigenvalue weighted by atomic mass is 16.6. The predicted octanol–water partition coefficient (Wildman–Crippen LogP) is 1.01. The van der Waals surface area contributed by atoms with Crippen LogP contribution in [0.3, 0.4) is 0 Å². The van der Waals surface area contributed by atoms with Crippen molar-refractivity contribution in [1.29, 1.82) is 0 Å². The van der Waals surface area contributed by atoms with Crippen LogP contribution in [-0.2, 0) is 14.3 Å². The molecule has 1 saturated carbocycles. The molecule has 1 heterocycles. The predicted molar refractivity (Wildman–Crippen MR) is 81.0 cm³/mol. The van der Waals surface area contributed by atoms with Crippen LogP contribution in [-0.4, -0.2) is 54.1 Å². The smallest absolute Gasteiger partial charge is 0.310 e. The molecule has 1 aliphatic heterocycles. The van der Waals surface area contributed by atoms with E-state index in [9.17, 15) is 14.7 Å². The van der Waals surface area contributed by atoms with Crippen molar-refractivity contribution in [3.63, 3.8) is 0 Å². The SMILES string of the molecule is CC1CCC2C(CN(C)C)C(=O)OC2C2(C)C(=O)C=CC12O. The summed E-state index contributed by atoms with van der Waals surface area (Å²) in [6.07, 6.45) is 4.13. The third-order valence-electron chi connectivity index (χ3n) is 6.10. The minimum absolute atomic E-state index is 0.0137. The van der Waals surface area contributed by atoms with E-state index < -0.39 is 17.1 Å².